The fourth-order valence-electron chi connectivity index (χ4n) is 2.96. The Morgan fingerprint density at radius 2 is 2.09 bits per heavy atom. The second-order valence-electron chi connectivity index (χ2n) is 6.01. The lowest BCUT2D eigenvalue weighted by molar-refractivity contribution is 0.208. The second-order valence-corrected chi connectivity index (χ2v) is 6.01. The van der Waals surface area contributed by atoms with Crippen molar-refractivity contribution in [3.63, 3.8) is 0 Å². The molecule has 23 heavy (non-hydrogen) atoms. The van der Waals surface area contributed by atoms with Crippen LogP contribution in [0.5, 0.6) is 0 Å². The van der Waals surface area contributed by atoms with E-state index < -0.39 is 11.6 Å². The SMILES string of the molecule is Cc1cc(NC2CCCN(Cc3ccc(F)c(F)c3)C2)ncn1. The van der Waals surface area contributed by atoms with Gasteiger partial charge in [-0.15, -0.1) is 0 Å². The van der Waals surface area contributed by atoms with Crippen molar-refractivity contribution in [3.8, 4) is 0 Å². The Morgan fingerprint density at radius 1 is 1.22 bits per heavy atom. The average Bonchev–Trinajstić information content (AvgIpc) is 2.51. The molecule has 1 N–H and O–H groups in total. The molecule has 1 fully saturated rings. The molecule has 2 aromatic rings. The van der Waals surface area contributed by atoms with Gasteiger partial charge in [0.1, 0.15) is 12.1 Å². The van der Waals surface area contributed by atoms with Crippen LogP contribution >= 0.6 is 0 Å². The molecule has 122 valence electrons. The summed E-state index contributed by atoms with van der Waals surface area (Å²) in [7, 11) is 0. The highest BCUT2D eigenvalue weighted by Gasteiger charge is 2.20. The maximum Gasteiger partial charge on any atom is 0.159 e. The number of piperidine rings is 1. The molecule has 1 aromatic heterocycles. The van der Waals surface area contributed by atoms with E-state index in [1.54, 1.807) is 12.4 Å². The van der Waals surface area contributed by atoms with Crippen LogP contribution in [0.25, 0.3) is 0 Å². The predicted molar refractivity (Wildman–Crippen MR) is 85.0 cm³/mol. The number of anilines is 1. The lowest BCUT2D eigenvalue weighted by Gasteiger charge is -2.33. The van der Waals surface area contributed by atoms with E-state index in [1.807, 2.05) is 13.0 Å². The van der Waals surface area contributed by atoms with Crippen LogP contribution in [0.2, 0.25) is 0 Å². The number of hydrogen-bond acceptors (Lipinski definition) is 4. The average molecular weight is 318 g/mol. The Hall–Kier alpha value is -2.08. The molecule has 1 unspecified atom stereocenters. The van der Waals surface area contributed by atoms with Crippen LogP contribution in [0.3, 0.4) is 0 Å². The number of nitrogens with one attached hydrogen (secondary N) is 1. The molecule has 1 aliphatic rings. The second kappa shape index (κ2) is 7.00. The number of rotatable bonds is 4. The van der Waals surface area contributed by atoms with Crippen LogP contribution in [-0.4, -0.2) is 34.0 Å². The first-order valence-electron chi connectivity index (χ1n) is 7.81. The summed E-state index contributed by atoms with van der Waals surface area (Å²) in [6.45, 7) is 4.36. The highest BCUT2D eigenvalue weighted by Crippen LogP contribution is 2.18. The first-order valence-corrected chi connectivity index (χ1v) is 7.81. The van der Waals surface area contributed by atoms with Crippen molar-refractivity contribution in [2.45, 2.75) is 32.4 Å². The van der Waals surface area contributed by atoms with Crippen LogP contribution in [0.1, 0.15) is 24.1 Å². The summed E-state index contributed by atoms with van der Waals surface area (Å²) in [5.41, 5.74) is 1.72. The molecule has 0 spiro atoms. The molecule has 6 heteroatoms. The van der Waals surface area contributed by atoms with Gasteiger partial charge >= 0.3 is 0 Å². The van der Waals surface area contributed by atoms with Gasteiger partial charge < -0.3 is 5.32 Å². The molecule has 0 amide bonds. The zero-order valence-corrected chi connectivity index (χ0v) is 13.1. The summed E-state index contributed by atoms with van der Waals surface area (Å²) >= 11 is 0. The molecule has 1 aromatic carbocycles. The van der Waals surface area contributed by atoms with E-state index >= 15 is 0 Å². The number of halogens is 2. The monoisotopic (exact) mass is 318 g/mol. The lowest BCUT2D eigenvalue weighted by atomic mass is 10.0. The minimum atomic E-state index is -0.800. The van der Waals surface area contributed by atoms with Gasteiger partial charge in [0.15, 0.2) is 11.6 Å². The molecular weight excluding hydrogens is 298 g/mol. The summed E-state index contributed by atoms with van der Waals surface area (Å²) in [5.74, 6) is -0.756. The lowest BCUT2D eigenvalue weighted by Crippen LogP contribution is -2.41. The van der Waals surface area contributed by atoms with Crippen LogP contribution in [0.4, 0.5) is 14.6 Å². The maximum absolute atomic E-state index is 13.3. The van der Waals surface area contributed by atoms with E-state index in [-0.39, 0.29) is 0 Å². The number of nitrogens with zero attached hydrogens (tertiary/aromatic N) is 3. The van der Waals surface area contributed by atoms with Crippen LogP contribution in [-0.2, 0) is 6.54 Å². The summed E-state index contributed by atoms with van der Waals surface area (Å²) in [6, 6.07) is 6.33. The van der Waals surface area contributed by atoms with Crippen LogP contribution < -0.4 is 5.32 Å². The Labute approximate surface area is 134 Å². The fourth-order valence-corrected chi connectivity index (χ4v) is 2.96. The van der Waals surface area contributed by atoms with Gasteiger partial charge in [-0.25, -0.2) is 18.7 Å². The number of aryl methyl sites for hydroxylation is 1. The van der Waals surface area contributed by atoms with Crippen molar-refractivity contribution in [3.05, 3.63) is 53.5 Å². The van der Waals surface area contributed by atoms with Crippen molar-refractivity contribution < 1.29 is 8.78 Å². The zero-order valence-electron chi connectivity index (χ0n) is 13.1. The minimum absolute atomic E-state index is 0.295. The molecule has 4 nitrogen and oxygen atoms in total. The van der Waals surface area contributed by atoms with E-state index in [0.29, 0.717) is 12.6 Å². The summed E-state index contributed by atoms with van der Waals surface area (Å²) < 4.78 is 26.3. The number of aromatic nitrogens is 2. The third-order valence-corrected chi connectivity index (χ3v) is 4.05. The Bertz CT molecular complexity index is 677. The van der Waals surface area contributed by atoms with Gasteiger partial charge in [0, 0.05) is 30.9 Å². The van der Waals surface area contributed by atoms with Crippen LogP contribution in [0.15, 0.2) is 30.6 Å². The van der Waals surface area contributed by atoms with Gasteiger partial charge in [-0.05, 0) is 44.0 Å². The number of likely N-dealkylation sites (tertiary alicyclic amines) is 1. The molecule has 1 saturated heterocycles. The highest BCUT2D eigenvalue weighted by molar-refractivity contribution is 5.35. The fraction of sp³-hybridized carbons (Fsp3) is 0.412. The smallest absolute Gasteiger partial charge is 0.159 e. The molecule has 3 rings (SSSR count). The highest BCUT2D eigenvalue weighted by atomic mass is 19.2. The Kier molecular flexibility index (Phi) is 4.81. The van der Waals surface area contributed by atoms with E-state index in [0.717, 1.165) is 43.0 Å². The summed E-state index contributed by atoms with van der Waals surface area (Å²) in [6.07, 6.45) is 3.68. The van der Waals surface area contributed by atoms with Gasteiger partial charge in [0.2, 0.25) is 0 Å². The normalized spacial score (nSPS) is 18.8. The number of benzene rings is 1. The van der Waals surface area contributed by atoms with Crippen LogP contribution in [0, 0.1) is 18.6 Å². The maximum atomic E-state index is 13.3. The molecule has 0 radical (unpaired) electrons. The topological polar surface area (TPSA) is 41.0 Å². The van der Waals surface area contributed by atoms with Crippen molar-refractivity contribution >= 4 is 5.82 Å². The van der Waals surface area contributed by atoms with Crippen molar-refractivity contribution in [2.75, 3.05) is 18.4 Å². The minimum Gasteiger partial charge on any atom is -0.366 e. The first-order chi connectivity index (χ1) is 11.1. The van der Waals surface area contributed by atoms with Gasteiger partial charge in [-0.1, -0.05) is 6.07 Å². The van der Waals surface area contributed by atoms with Gasteiger partial charge in [-0.2, -0.15) is 0 Å². The summed E-state index contributed by atoms with van der Waals surface area (Å²) in [5, 5.41) is 3.43. The molecule has 1 aliphatic heterocycles. The van der Waals surface area contributed by atoms with E-state index in [2.05, 4.69) is 20.2 Å². The molecule has 0 saturated carbocycles. The van der Waals surface area contributed by atoms with Crippen molar-refractivity contribution in [1.29, 1.82) is 0 Å². The number of hydrogen-bond donors (Lipinski definition) is 1. The Balaban J connectivity index is 1.60. The molecule has 0 bridgehead atoms. The van der Waals surface area contributed by atoms with Crippen molar-refractivity contribution in [1.82, 2.24) is 14.9 Å². The molecule has 1 atom stereocenters. The third kappa shape index (κ3) is 4.22. The quantitative estimate of drug-likeness (QED) is 0.940. The molecule has 0 aliphatic carbocycles. The van der Waals surface area contributed by atoms with Gasteiger partial charge in [0.05, 0.1) is 0 Å². The van der Waals surface area contributed by atoms with E-state index in [1.165, 1.54) is 12.1 Å². The third-order valence-electron chi connectivity index (χ3n) is 4.05. The van der Waals surface area contributed by atoms with E-state index in [4.69, 9.17) is 0 Å². The summed E-state index contributed by atoms with van der Waals surface area (Å²) in [4.78, 5) is 10.6. The predicted octanol–water partition coefficient (Wildman–Crippen LogP) is 3.14. The standard InChI is InChI=1S/C17H20F2N4/c1-12-7-17(21-11-20-12)22-14-3-2-6-23(10-14)9-13-4-5-15(18)16(19)8-13/h4-5,7-8,11,14H,2-3,6,9-10H2,1H3,(H,20,21,22). The largest absolute Gasteiger partial charge is 0.366 e. The van der Waals surface area contributed by atoms with Gasteiger partial charge in [-0.3, -0.25) is 4.90 Å². The zero-order chi connectivity index (χ0) is 16.2. The van der Waals surface area contributed by atoms with E-state index in [9.17, 15) is 8.78 Å². The first kappa shape index (κ1) is 15.8. The van der Waals surface area contributed by atoms with Crippen molar-refractivity contribution in [2.24, 2.45) is 0 Å². The Morgan fingerprint density at radius 3 is 2.87 bits per heavy atom. The molecular formula is C17H20F2N4. The van der Waals surface area contributed by atoms with Gasteiger partial charge in [0.25, 0.3) is 0 Å². The molecule has 2 heterocycles.